The van der Waals surface area contributed by atoms with Crippen LogP contribution < -0.4 is 5.32 Å². The average Bonchev–Trinajstić information content (AvgIpc) is 3.57. The molecule has 0 bridgehead atoms. The first kappa shape index (κ1) is 27.6. The Morgan fingerprint density at radius 3 is 2.77 bits per heavy atom. The van der Waals surface area contributed by atoms with Gasteiger partial charge in [0, 0.05) is 72.9 Å². The molecule has 3 aliphatic rings. The van der Waals surface area contributed by atoms with Gasteiger partial charge in [0.25, 0.3) is 15.9 Å². The first-order valence-corrected chi connectivity index (χ1v) is 15.7. The molecular formula is C25H29ClN6O6S2. The number of aromatic amines is 1. The van der Waals surface area contributed by atoms with Crippen molar-refractivity contribution >= 4 is 55.7 Å². The Balaban J connectivity index is 1.27. The molecule has 0 radical (unpaired) electrons. The van der Waals surface area contributed by atoms with E-state index in [0.29, 0.717) is 60.9 Å². The van der Waals surface area contributed by atoms with Gasteiger partial charge >= 0.3 is 0 Å². The molecule has 1 aromatic carbocycles. The van der Waals surface area contributed by atoms with Crippen molar-refractivity contribution in [3.63, 3.8) is 0 Å². The molecule has 2 atom stereocenters. The first-order valence-electron chi connectivity index (χ1n) is 13.0. The van der Waals surface area contributed by atoms with Crippen LogP contribution in [0.2, 0.25) is 5.02 Å². The number of nitrogens with one attached hydrogen (secondary N) is 2. The summed E-state index contributed by atoms with van der Waals surface area (Å²) in [5.41, 5.74) is 1.32. The second kappa shape index (κ2) is 11.0. The molecule has 12 nitrogen and oxygen atoms in total. The summed E-state index contributed by atoms with van der Waals surface area (Å²) in [4.78, 5) is 38.5. The van der Waals surface area contributed by atoms with Crippen LogP contribution in [-0.4, -0.2) is 108 Å². The molecule has 3 N–H and O–H groups in total. The monoisotopic (exact) mass is 608 g/mol. The summed E-state index contributed by atoms with van der Waals surface area (Å²) < 4.78 is 34.1. The zero-order valence-corrected chi connectivity index (χ0v) is 23.9. The van der Waals surface area contributed by atoms with Crippen molar-refractivity contribution in [1.29, 1.82) is 0 Å². The standard InChI is InChI=1S/C25H29ClN6O6S2/c26-16-1-2-18-15(9-16)10-22(28-18)40(36,37)31-3-4-32(17(14-31)11-23(34)30-5-7-38-8-6-30)25(35)24-29-19-12-21(33)27-13-20(19)39-24/h1-2,9-10,17,21,27-28,33H,3-8,11-14H2. The summed E-state index contributed by atoms with van der Waals surface area (Å²) in [6.45, 7) is 2.34. The minimum absolute atomic E-state index is 0.0224. The van der Waals surface area contributed by atoms with E-state index < -0.39 is 22.3 Å². The average molecular weight is 609 g/mol. The van der Waals surface area contributed by atoms with Gasteiger partial charge in [0.2, 0.25) is 5.91 Å². The van der Waals surface area contributed by atoms with E-state index in [-0.39, 0.29) is 47.9 Å². The molecule has 5 heterocycles. The Bertz CT molecular complexity index is 1550. The van der Waals surface area contributed by atoms with Crippen LogP contribution in [0.15, 0.2) is 29.3 Å². The summed E-state index contributed by atoms with van der Waals surface area (Å²) in [5.74, 6) is -0.498. The minimum atomic E-state index is -3.95. The number of thiazole rings is 1. The molecule has 3 aliphatic heterocycles. The molecule has 15 heteroatoms. The second-order valence-electron chi connectivity index (χ2n) is 10.1. The van der Waals surface area contributed by atoms with E-state index in [1.807, 2.05) is 0 Å². The number of hydrogen-bond acceptors (Lipinski definition) is 9. The highest BCUT2D eigenvalue weighted by molar-refractivity contribution is 7.89. The van der Waals surface area contributed by atoms with Crippen LogP contribution in [-0.2, 0) is 32.5 Å². The number of halogens is 1. The van der Waals surface area contributed by atoms with Crippen molar-refractivity contribution < 1.29 is 27.9 Å². The third-order valence-electron chi connectivity index (χ3n) is 7.50. The topological polar surface area (TPSA) is 148 Å². The molecule has 214 valence electrons. The molecule has 2 unspecified atom stereocenters. The number of nitrogens with zero attached hydrogens (tertiary/aromatic N) is 4. The van der Waals surface area contributed by atoms with Crippen LogP contribution in [0.1, 0.15) is 26.8 Å². The highest BCUT2D eigenvalue weighted by atomic mass is 35.5. The number of benzene rings is 1. The van der Waals surface area contributed by atoms with E-state index >= 15 is 0 Å². The van der Waals surface area contributed by atoms with Crippen LogP contribution in [0.5, 0.6) is 0 Å². The fraction of sp³-hybridized carbons (Fsp3) is 0.480. The quantitative estimate of drug-likeness (QED) is 0.389. The maximum atomic E-state index is 13.7. The molecule has 40 heavy (non-hydrogen) atoms. The maximum Gasteiger partial charge on any atom is 0.283 e. The van der Waals surface area contributed by atoms with E-state index in [2.05, 4.69) is 15.3 Å². The highest BCUT2D eigenvalue weighted by Crippen LogP contribution is 2.29. The summed E-state index contributed by atoms with van der Waals surface area (Å²) >= 11 is 7.34. The van der Waals surface area contributed by atoms with Gasteiger partial charge in [-0.3, -0.25) is 14.9 Å². The molecule has 0 aliphatic carbocycles. The molecule has 2 aromatic heterocycles. The third-order valence-corrected chi connectivity index (χ3v) is 10.6. The van der Waals surface area contributed by atoms with Gasteiger partial charge in [-0.25, -0.2) is 13.4 Å². The predicted octanol–water partition coefficient (Wildman–Crippen LogP) is 1.01. The molecule has 3 aromatic rings. The molecule has 0 saturated carbocycles. The Morgan fingerprint density at radius 2 is 1.98 bits per heavy atom. The zero-order chi connectivity index (χ0) is 28.0. The smallest absolute Gasteiger partial charge is 0.283 e. The molecule has 0 spiro atoms. The van der Waals surface area contributed by atoms with Gasteiger partial charge < -0.3 is 24.6 Å². The number of rotatable bonds is 5. The Hall–Kier alpha value is -2.59. The Morgan fingerprint density at radius 1 is 1.18 bits per heavy atom. The van der Waals surface area contributed by atoms with Crippen molar-refractivity contribution in [2.45, 2.75) is 36.7 Å². The lowest BCUT2D eigenvalue weighted by Gasteiger charge is -2.41. The second-order valence-corrected chi connectivity index (χ2v) is 13.5. The van der Waals surface area contributed by atoms with Gasteiger partial charge in [-0.05, 0) is 24.3 Å². The normalized spacial score (nSPS) is 22.4. The largest absolute Gasteiger partial charge is 0.378 e. The van der Waals surface area contributed by atoms with E-state index in [1.165, 1.54) is 15.6 Å². The van der Waals surface area contributed by atoms with Crippen LogP contribution in [0.25, 0.3) is 10.9 Å². The number of carbonyl (C=O) groups is 2. The molecule has 2 amide bonds. The van der Waals surface area contributed by atoms with Gasteiger partial charge in [0.15, 0.2) is 5.01 Å². The molecule has 2 saturated heterocycles. The molecule has 6 rings (SSSR count). The summed E-state index contributed by atoms with van der Waals surface area (Å²) in [7, 11) is -3.95. The number of ether oxygens (including phenoxy) is 1. The molecular weight excluding hydrogens is 580 g/mol. The number of piperazine rings is 1. The van der Waals surface area contributed by atoms with Crippen molar-refractivity contribution in [1.82, 2.24) is 29.4 Å². The highest BCUT2D eigenvalue weighted by Gasteiger charge is 2.40. The first-order chi connectivity index (χ1) is 19.2. The van der Waals surface area contributed by atoms with Crippen molar-refractivity contribution in [3.8, 4) is 0 Å². The van der Waals surface area contributed by atoms with E-state index in [0.717, 1.165) is 4.88 Å². The van der Waals surface area contributed by atoms with Gasteiger partial charge in [-0.15, -0.1) is 11.3 Å². The number of sulfonamides is 1. The number of aliphatic hydroxyl groups excluding tert-OH is 1. The van der Waals surface area contributed by atoms with Crippen molar-refractivity contribution in [2.24, 2.45) is 0 Å². The number of hydrogen-bond donors (Lipinski definition) is 3. The summed E-state index contributed by atoms with van der Waals surface area (Å²) in [5, 5.41) is 14.3. The van der Waals surface area contributed by atoms with Gasteiger partial charge in [0.1, 0.15) is 11.3 Å². The van der Waals surface area contributed by atoms with Crippen LogP contribution >= 0.6 is 22.9 Å². The van der Waals surface area contributed by atoms with Crippen molar-refractivity contribution in [3.05, 3.63) is 44.9 Å². The maximum absolute atomic E-state index is 13.7. The van der Waals surface area contributed by atoms with Crippen molar-refractivity contribution in [2.75, 3.05) is 45.9 Å². The number of aliphatic hydroxyl groups is 1. The number of fused-ring (bicyclic) bond motifs is 2. The number of morpholine rings is 1. The summed E-state index contributed by atoms with van der Waals surface area (Å²) in [6, 6.07) is 5.95. The van der Waals surface area contributed by atoms with Gasteiger partial charge in [-0.1, -0.05) is 11.6 Å². The lowest BCUT2D eigenvalue weighted by Crippen LogP contribution is -2.58. The number of aromatic nitrogens is 2. The Labute approximate surface area is 239 Å². The lowest BCUT2D eigenvalue weighted by molar-refractivity contribution is -0.136. The van der Waals surface area contributed by atoms with Gasteiger partial charge in [-0.2, -0.15) is 4.31 Å². The van der Waals surface area contributed by atoms with Crippen LogP contribution in [0.3, 0.4) is 0 Å². The van der Waals surface area contributed by atoms with E-state index in [1.54, 1.807) is 34.1 Å². The fourth-order valence-electron chi connectivity index (χ4n) is 5.35. The van der Waals surface area contributed by atoms with Crippen LogP contribution in [0, 0.1) is 0 Å². The molecule has 2 fully saturated rings. The lowest BCUT2D eigenvalue weighted by atomic mass is 10.1. The number of H-pyrrole nitrogens is 1. The summed E-state index contributed by atoms with van der Waals surface area (Å²) in [6.07, 6.45) is -0.434. The predicted molar refractivity (Wildman–Crippen MR) is 148 cm³/mol. The Kier molecular flexibility index (Phi) is 7.59. The third kappa shape index (κ3) is 5.36. The number of amides is 2. The van der Waals surface area contributed by atoms with Gasteiger partial charge in [0.05, 0.1) is 24.9 Å². The zero-order valence-electron chi connectivity index (χ0n) is 21.5. The number of carbonyl (C=O) groups excluding carboxylic acids is 2. The fourth-order valence-corrected chi connectivity index (χ4v) is 8.01. The van der Waals surface area contributed by atoms with E-state index in [9.17, 15) is 23.1 Å². The SMILES string of the molecule is O=C(CC1CN(S(=O)(=O)c2cc3cc(Cl)ccc3[nH]2)CCN1C(=O)c1nc2c(s1)CNC(O)C2)N1CCOCC1. The van der Waals surface area contributed by atoms with Crippen LogP contribution in [0.4, 0.5) is 0 Å². The van der Waals surface area contributed by atoms with E-state index in [4.69, 9.17) is 16.3 Å². The minimum Gasteiger partial charge on any atom is -0.378 e.